The number of ether oxygens (including phenoxy) is 3. The highest BCUT2D eigenvalue weighted by atomic mass is 35.5. The average Bonchev–Trinajstić information content (AvgIpc) is 3.10. The van der Waals surface area contributed by atoms with Gasteiger partial charge in [0.1, 0.15) is 17.9 Å². The Balaban J connectivity index is 2.04. The number of fused-ring (bicyclic) bond motifs is 1. The molecule has 25 heavy (non-hydrogen) atoms. The third-order valence-electron chi connectivity index (χ3n) is 3.88. The number of nitrogens with zero attached hydrogens (tertiary/aromatic N) is 4. The van der Waals surface area contributed by atoms with Gasteiger partial charge in [0, 0.05) is 13.8 Å². The Morgan fingerprint density at radius 1 is 1.20 bits per heavy atom. The summed E-state index contributed by atoms with van der Waals surface area (Å²) in [6.07, 6.45) is 0.592. The van der Waals surface area contributed by atoms with Crippen LogP contribution in [0, 0.1) is 0 Å². The van der Waals surface area contributed by atoms with Crippen LogP contribution >= 0.6 is 11.6 Å². The zero-order valence-electron chi connectivity index (χ0n) is 13.9. The van der Waals surface area contributed by atoms with Crippen molar-refractivity contribution < 1.29 is 23.8 Å². The number of imidazole rings is 1. The Hall–Kier alpha value is -2.26. The predicted molar refractivity (Wildman–Crippen MR) is 85.6 cm³/mol. The van der Waals surface area contributed by atoms with E-state index in [-0.39, 0.29) is 5.15 Å². The summed E-state index contributed by atoms with van der Waals surface area (Å²) in [5.41, 5.74) is 0.832. The maximum Gasteiger partial charge on any atom is 0.303 e. The van der Waals surface area contributed by atoms with Crippen LogP contribution in [0.15, 0.2) is 12.7 Å². The van der Waals surface area contributed by atoms with Gasteiger partial charge in [0.25, 0.3) is 0 Å². The van der Waals surface area contributed by atoms with E-state index in [9.17, 15) is 9.59 Å². The van der Waals surface area contributed by atoms with E-state index < -0.39 is 36.5 Å². The van der Waals surface area contributed by atoms with Gasteiger partial charge < -0.3 is 14.2 Å². The van der Waals surface area contributed by atoms with Crippen molar-refractivity contribution in [2.45, 2.75) is 51.7 Å². The summed E-state index contributed by atoms with van der Waals surface area (Å²) in [5.74, 6) is -0.990. The van der Waals surface area contributed by atoms with Crippen molar-refractivity contribution >= 4 is 34.7 Å². The second-order valence-corrected chi connectivity index (χ2v) is 5.97. The SMILES string of the molecule is CC[C@H]1O[C@@H](n2cnc3c(Cl)ncnc32)C(OC(C)=O)[C@H]1OC(C)=O. The molecule has 3 rings (SSSR count). The molecule has 9 nitrogen and oxygen atoms in total. The van der Waals surface area contributed by atoms with E-state index in [2.05, 4.69) is 15.0 Å². The van der Waals surface area contributed by atoms with Crippen LogP contribution in [0.1, 0.15) is 33.4 Å². The highest BCUT2D eigenvalue weighted by molar-refractivity contribution is 6.33. The molecule has 1 saturated heterocycles. The van der Waals surface area contributed by atoms with Gasteiger partial charge in [-0.25, -0.2) is 15.0 Å². The first-order valence-corrected chi connectivity index (χ1v) is 8.13. The summed E-state index contributed by atoms with van der Waals surface area (Å²) < 4.78 is 18.4. The molecule has 0 N–H and O–H groups in total. The molecule has 0 saturated carbocycles. The number of halogens is 1. The first-order valence-electron chi connectivity index (χ1n) is 7.75. The Bertz CT molecular complexity index is 810. The van der Waals surface area contributed by atoms with Gasteiger partial charge in [0.2, 0.25) is 0 Å². The summed E-state index contributed by atoms with van der Waals surface area (Å²) in [4.78, 5) is 35.3. The second kappa shape index (κ2) is 6.93. The summed E-state index contributed by atoms with van der Waals surface area (Å²) in [6.45, 7) is 4.47. The van der Waals surface area contributed by atoms with Crippen LogP contribution < -0.4 is 0 Å². The van der Waals surface area contributed by atoms with Gasteiger partial charge in [-0.15, -0.1) is 0 Å². The third kappa shape index (κ3) is 3.29. The molecule has 0 aromatic carbocycles. The van der Waals surface area contributed by atoms with Crippen molar-refractivity contribution in [1.82, 2.24) is 19.5 Å². The van der Waals surface area contributed by atoms with Crippen LogP contribution in [0.3, 0.4) is 0 Å². The standard InChI is InChI=1S/C15H17ClN4O5/c1-4-9-11(23-7(2)21)12(24-8(3)22)15(25-9)20-6-19-10-13(16)17-5-18-14(10)20/h5-6,9,11-12,15H,4H2,1-3H3/t9-,11+,12?,15-/m1/s1. The molecule has 0 amide bonds. The Labute approximate surface area is 148 Å². The topological polar surface area (TPSA) is 105 Å². The first kappa shape index (κ1) is 17.6. The Morgan fingerprint density at radius 3 is 2.52 bits per heavy atom. The number of rotatable bonds is 4. The number of carbonyl (C=O) groups is 2. The molecule has 2 aromatic heterocycles. The fourth-order valence-corrected chi connectivity index (χ4v) is 3.10. The van der Waals surface area contributed by atoms with Crippen LogP contribution in [0.25, 0.3) is 11.2 Å². The molecule has 0 bridgehead atoms. The van der Waals surface area contributed by atoms with E-state index in [1.165, 1.54) is 26.5 Å². The maximum atomic E-state index is 11.6. The predicted octanol–water partition coefficient (Wildman–Crippen LogP) is 1.65. The fourth-order valence-electron chi connectivity index (χ4n) is 2.92. The average molecular weight is 369 g/mol. The van der Waals surface area contributed by atoms with Crippen molar-refractivity contribution in [3.63, 3.8) is 0 Å². The van der Waals surface area contributed by atoms with Crippen molar-refractivity contribution in [3.05, 3.63) is 17.8 Å². The van der Waals surface area contributed by atoms with Crippen molar-refractivity contribution in [2.75, 3.05) is 0 Å². The molecule has 10 heteroatoms. The van der Waals surface area contributed by atoms with Gasteiger partial charge in [-0.3, -0.25) is 14.2 Å². The van der Waals surface area contributed by atoms with Gasteiger partial charge >= 0.3 is 11.9 Å². The normalized spacial score (nSPS) is 25.9. The van der Waals surface area contributed by atoms with Gasteiger partial charge in [-0.2, -0.15) is 0 Å². The number of hydrogen-bond acceptors (Lipinski definition) is 8. The van der Waals surface area contributed by atoms with Crippen LogP contribution in [0.4, 0.5) is 0 Å². The maximum absolute atomic E-state index is 11.6. The first-order chi connectivity index (χ1) is 11.9. The largest absolute Gasteiger partial charge is 0.456 e. The zero-order valence-corrected chi connectivity index (χ0v) is 14.6. The molecule has 0 spiro atoms. The molecule has 4 atom stereocenters. The van der Waals surface area contributed by atoms with E-state index in [4.69, 9.17) is 25.8 Å². The van der Waals surface area contributed by atoms with Crippen LogP contribution in [0.5, 0.6) is 0 Å². The molecule has 3 heterocycles. The van der Waals surface area contributed by atoms with Crippen LogP contribution in [-0.4, -0.2) is 49.8 Å². The number of aromatic nitrogens is 4. The number of esters is 2. The molecule has 0 radical (unpaired) electrons. The summed E-state index contributed by atoms with van der Waals surface area (Å²) in [7, 11) is 0. The minimum atomic E-state index is -0.836. The monoisotopic (exact) mass is 368 g/mol. The lowest BCUT2D eigenvalue weighted by Gasteiger charge is -2.23. The van der Waals surface area contributed by atoms with Crippen LogP contribution in [-0.2, 0) is 23.8 Å². The van der Waals surface area contributed by atoms with Crippen molar-refractivity contribution in [2.24, 2.45) is 0 Å². The second-order valence-electron chi connectivity index (χ2n) is 5.61. The zero-order chi connectivity index (χ0) is 18.1. The smallest absolute Gasteiger partial charge is 0.303 e. The molecule has 1 unspecified atom stereocenters. The lowest BCUT2D eigenvalue weighted by Crippen LogP contribution is -2.38. The van der Waals surface area contributed by atoms with Crippen molar-refractivity contribution in [1.29, 1.82) is 0 Å². The summed E-state index contributed by atoms with van der Waals surface area (Å²) in [6, 6.07) is 0. The lowest BCUT2D eigenvalue weighted by molar-refractivity contribution is -0.165. The van der Waals surface area contributed by atoms with E-state index in [0.29, 0.717) is 17.6 Å². The fraction of sp³-hybridized carbons (Fsp3) is 0.533. The highest BCUT2D eigenvalue weighted by Crippen LogP contribution is 2.37. The molecule has 1 aliphatic rings. The lowest BCUT2D eigenvalue weighted by atomic mass is 10.1. The molecule has 0 aliphatic carbocycles. The molecule has 134 valence electrons. The molecule has 1 fully saturated rings. The molecular formula is C15H17ClN4O5. The van der Waals surface area contributed by atoms with Gasteiger partial charge in [-0.05, 0) is 6.42 Å². The molecular weight excluding hydrogens is 352 g/mol. The Morgan fingerprint density at radius 2 is 1.88 bits per heavy atom. The van der Waals surface area contributed by atoms with E-state index >= 15 is 0 Å². The summed E-state index contributed by atoms with van der Waals surface area (Å²) >= 11 is 6.03. The van der Waals surface area contributed by atoms with Gasteiger partial charge in [0.05, 0.1) is 6.33 Å². The summed E-state index contributed by atoms with van der Waals surface area (Å²) in [5, 5.41) is 0.203. The highest BCUT2D eigenvalue weighted by Gasteiger charge is 2.49. The van der Waals surface area contributed by atoms with E-state index in [0.717, 1.165) is 0 Å². The molecule has 1 aliphatic heterocycles. The van der Waals surface area contributed by atoms with Gasteiger partial charge in [0.15, 0.2) is 29.2 Å². The minimum Gasteiger partial charge on any atom is -0.456 e. The van der Waals surface area contributed by atoms with Gasteiger partial charge in [-0.1, -0.05) is 18.5 Å². The van der Waals surface area contributed by atoms with E-state index in [1.807, 2.05) is 6.92 Å². The third-order valence-corrected chi connectivity index (χ3v) is 4.16. The number of carbonyl (C=O) groups excluding carboxylic acids is 2. The molecule has 2 aromatic rings. The minimum absolute atomic E-state index is 0.203. The van der Waals surface area contributed by atoms with Crippen molar-refractivity contribution in [3.8, 4) is 0 Å². The van der Waals surface area contributed by atoms with Crippen LogP contribution in [0.2, 0.25) is 5.15 Å². The van der Waals surface area contributed by atoms with E-state index in [1.54, 1.807) is 4.57 Å². The number of hydrogen-bond donors (Lipinski definition) is 0. The quantitative estimate of drug-likeness (QED) is 0.592. The Kier molecular flexibility index (Phi) is 4.87.